The van der Waals surface area contributed by atoms with Crippen LogP contribution < -0.4 is 0 Å². The smallest absolute Gasteiger partial charge is 0.475 e. The Labute approximate surface area is 178 Å². The lowest BCUT2D eigenvalue weighted by molar-refractivity contribution is -0.192. The zero-order valence-corrected chi connectivity index (χ0v) is 17.3. The van der Waals surface area contributed by atoms with Crippen LogP contribution in [0.1, 0.15) is 36.0 Å². The molecule has 0 radical (unpaired) electrons. The van der Waals surface area contributed by atoms with Crippen LogP contribution in [0.4, 0.5) is 13.2 Å². The number of hydrogen-bond donors (Lipinski definition) is 1. The molecule has 1 atom stereocenters. The molecule has 1 amide bonds. The molecular weight excluding hydrogens is 417 g/mol. The third-order valence-corrected chi connectivity index (χ3v) is 6.09. The summed E-state index contributed by atoms with van der Waals surface area (Å²) in [6.07, 6.45) is 3.06. The predicted octanol–water partition coefficient (Wildman–Crippen LogP) is 2.07. The van der Waals surface area contributed by atoms with Crippen molar-refractivity contribution in [2.24, 2.45) is 11.8 Å². The molecule has 1 aromatic heterocycles. The van der Waals surface area contributed by atoms with Crippen molar-refractivity contribution in [3.63, 3.8) is 0 Å². The molecule has 1 unspecified atom stereocenters. The summed E-state index contributed by atoms with van der Waals surface area (Å²) in [5, 5.41) is 14.7. The number of carboxylic acid groups (broad SMARTS) is 1. The second kappa shape index (κ2) is 9.47. The summed E-state index contributed by atoms with van der Waals surface area (Å²) in [4.78, 5) is 25.8. The summed E-state index contributed by atoms with van der Waals surface area (Å²) in [5.74, 6) is -1.24. The summed E-state index contributed by atoms with van der Waals surface area (Å²) >= 11 is 0. The molecule has 3 aliphatic rings. The predicted molar refractivity (Wildman–Crippen MR) is 103 cm³/mol. The lowest BCUT2D eigenvalue weighted by Gasteiger charge is -2.58. The van der Waals surface area contributed by atoms with Gasteiger partial charge in [-0.1, -0.05) is 0 Å². The zero-order chi connectivity index (χ0) is 22.6. The highest BCUT2D eigenvalue weighted by Crippen LogP contribution is 2.39. The maximum absolute atomic E-state index is 12.5. The highest BCUT2D eigenvalue weighted by atomic mass is 19.4. The van der Waals surface area contributed by atoms with Crippen LogP contribution >= 0.6 is 0 Å². The SMILES string of the molecule is CN1CCC(COCC2CC2)CC12CN(C(=O)c1ccnnc1)C2.O=C(O)C(F)(F)F. The van der Waals surface area contributed by atoms with E-state index in [9.17, 15) is 18.0 Å². The third-order valence-electron chi connectivity index (χ3n) is 6.09. The average Bonchev–Trinajstić information content (AvgIpc) is 3.52. The van der Waals surface area contributed by atoms with Gasteiger partial charge in [0.2, 0.25) is 0 Å². The Morgan fingerprint density at radius 2 is 1.84 bits per heavy atom. The number of alkyl halides is 3. The number of likely N-dealkylation sites (N-methyl/N-ethyl adjacent to an activating group) is 1. The van der Waals surface area contributed by atoms with Gasteiger partial charge in [0.05, 0.1) is 23.5 Å². The molecule has 1 N–H and O–H groups in total. The van der Waals surface area contributed by atoms with Gasteiger partial charge in [-0.25, -0.2) is 4.79 Å². The number of rotatable bonds is 5. The minimum Gasteiger partial charge on any atom is -0.475 e. The largest absolute Gasteiger partial charge is 0.490 e. The van der Waals surface area contributed by atoms with E-state index in [1.807, 2.05) is 4.90 Å². The summed E-state index contributed by atoms with van der Waals surface area (Å²) < 4.78 is 37.7. The van der Waals surface area contributed by atoms with Crippen LogP contribution in [-0.2, 0) is 9.53 Å². The van der Waals surface area contributed by atoms with Crippen molar-refractivity contribution in [1.29, 1.82) is 0 Å². The van der Waals surface area contributed by atoms with Gasteiger partial charge in [-0.3, -0.25) is 9.69 Å². The van der Waals surface area contributed by atoms with Crippen molar-refractivity contribution in [3.8, 4) is 0 Å². The van der Waals surface area contributed by atoms with Gasteiger partial charge >= 0.3 is 12.1 Å². The van der Waals surface area contributed by atoms with Crippen molar-refractivity contribution in [2.75, 3.05) is 39.9 Å². The molecule has 4 rings (SSSR count). The average molecular weight is 444 g/mol. The Hall–Kier alpha value is -2.27. The first kappa shape index (κ1) is 23.4. The van der Waals surface area contributed by atoms with Gasteiger partial charge in [-0.05, 0) is 57.2 Å². The van der Waals surface area contributed by atoms with Crippen LogP contribution in [0.3, 0.4) is 0 Å². The first-order valence-corrected chi connectivity index (χ1v) is 10.3. The maximum Gasteiger partial charge on any atom is 0.490 e. The van der Waals surface area contributed by atoms with Crippen molar-refractivity contribution in [1.82, 2.24) is 20.0 Å². The number of hydrogen-bond acceptors (Lipinski definition) is 6. The van der Waals surface area contributed by atoms with Crippen molar-refractivity contribution in [2.45, 2.75) is 37.4 Å². The number of aromatic nitrogens is 2. The molecule has 31 heavy (non-hydrogen) atoms. The molecule has 1 saturated carbocycles. The first-order chi connectivity index (χ1) is 14.6. The van der Waals surface area contributed by atoms with Crippen LogP contribution in [0.2, 0.25) is 0 Å². The molecule has 3 heterocycles. The zero-order valence-electron chi connectivity index (χ0n) is 17.3. The normalized spacial score (nSPS) is 23.0. The van der Waals surface area contributed by atoms with Gasteiger partial charge in [0.15, 0.2) is 0 Å². The van der Waals surface area contributed by atoms with Gasteiger partial charge in [0.25, 0.3) is 5.91 Å². The van der Waals surface area contributed by atoms with E-state index < -0.39 is 12.1 Å². The highest BCUT2D eigenvalue weighted by Gasteiger charge is 2.51. The lowest BCUT2D eigenvalue weighted by atomic mass is 9.75. The number of aliphatic carboxylic acids is 1. The van der Waals surface area contributed by atoms with E-state index in [1.165, 1.54) is 19.3 Å². The fourth-order valence-electron chi connectivity index (χ4n) is 4.01. The number of piperidine rings is 1. The van der Waals surface area contributed by atoms with Gasteiger partial charge in [0, 0.05) is 26.3 Å². The van der Waals surface area contributed by atoms with E-state index in [0.717, 1.165) is 45.2 Å². The standard InChI is InChI=1S/C18H26N4O2.C2HF3O2/c1-21-7-5-15(11-24-10-14-2-3-14)8-18(21)12-22(13-18)17(23)16-4-6-19-20-9-16;3-2(4,5)1(6)7/h4,6,9,14-15H,2-3,5,7-8,10-13H2,1H3;(H,6,7). The monoisotopic (exact) mass is 444 g/mol. The van der Waals surface area contributed by atoms with E-state index >= 15 is 0 Å². The second-order valence-corrected chi connectivity index (χ2v) is 8.58. The van der Waals surface area contributed by atoms with Gasteiger partial charge < -0.3 is 14.7 Å². The lowest BCUT2D eigenvalue weighted by Crippen LogP contribution is -2.72. The van der Waals surface area contributed by atoms with Crippen molar-refractivity contribution >= 4 is 11.9 Å². The van der Waals surface area contributed by atoms with Crippen molar-refractivity contribution < 1.29 is 32.6 Å². The van der Waals surface area contributed by atoms with E-state index in [-0.39, 0.29) is 11.4 Å². The maximum atomic E-state index is 12.5. The van der Waals surface area contributed by atoms with E-state index in [4.69, 9.17) is 14.6 Å². The third kappa shape index (κ3) is 6.13. The van der Waals surface area contributed by atoms with Crippen LogP contribution in [-0.4, -0.2) is 88.6 Å². The molecule has 2 aliphatic heterocycles. The number of carboxylic acids is 1. The van der Waals surface area contributed by atoms with E-state index in [0.29, 0.717) is 11.5 Å². The number of carbonyl (C=O) groups excluding carboxylic acids is 1. The van der Waals surface area contributed by atoms with Crippen molar-refractivity contribution in [3.05, 3.63) is 24.0 Å². The summed E-state index contributed by atoms with van der Waals surface area (Å²) in [7, 11) is 2.19. The molecule has 2 saturated heterocycles. The summed E-state index contributed by atoms with van der Waals surface area (Å²) in [5.41, 5.74) is 0.768. The van der Waals surface area contributed by atoms with Gasteiger partial charge in [0.1, 0.15) is 0 Å². The van der Waals surface area contributed by atoms with E-state index in [1.54, 1.807) is 18.5 Å². The highest BCUT2D eigenvalue weighted by molar-refractivity contribution is 5.94. The number of amides is 1. The van der Waals surface area contributed by atoms with Crippen LogP contribution in [0.5, 0.6) is 0 Å². The molecule has 11 heteroatoms. The van der Waals surface area contributed by atoms with Crippen LogP contribution in [0.15, 0.2) is 18.5 Å². The Kier molecular flexibility index (Phi) is 7.15. The fraction of sp³-hybridized carbons (Fsp3) is 0.700. The first-order valence-electron chi connectivity index (χ1n) is 10.3. The number of halogens is 3. The molecule has 1 spiro atoms. The summed E-state index contributed by atoms with van der Waals surface area (Å²) in [6.45, 7) is 4.54. The second-order valence-electron chi connectivity index (χ2n) is 8.58. The Balaban J connectivity index is 0.000000339. The molecule has 0 bridgehead atoms. The molecule has 3 fully saturated rings. The number of likely N-dealkylation sites (tertiary alicyclic amines) is 2. The van der Waals surface area contributed by atoms with E-state index in [2.05, 4.69) is 22.1 Å². The minimum atomic E-state index is -5.08. The molecule has 172 valence electrons. The quantitative estimate of drug-likeness (QED) is 0.743. The molecule has 1 aliphatic carbocycles. The number of nitrogens with zero attached hydrogens (tertiary/aromatic N) is 4. The van der Waals surface area contributed by atoms with Crippen LogP contribution in [0.25, 0.3) is 0 Å². The minimum absolute atomic E-state index is 0.0658. The molecular formula is C20H27F3N4O4. The van der Waals surface area contributed by atoms with Gasteiger partial charge in [-0.2, -0.15) is 23.4 Å². The fourth-order valence-corrected chi connectivity index (χ4v) is 4.01. The number of carbonyl (C=O) groups is 2. The Bertz CT molecular complexity index is 767. The Morgan fingerprint density at radius 3 is 2.39 bits per heavy atom. The molecule has 8 nitrogen and oxygen atoms in total. The Morgan fingerprint density at radius 1 is 1.19 bits per heavy atom. The molecule has 1 aromatic rings. The van der Waals surface area contributed by atoms with Crippen LogP contribution in [0, 0.1) is 11.8 Å². The number of ether oxygens (including phenoxy) is 1. The van der Waals surface area contributed by atoms with Gasteiger partial charge in [-0.15, -0.1) is 0 Å². The summed E-state index contributed by atoms with van der Waals surface area (Å²) in [6, 6.07) is 1.74. The molecule has 0 aromatic carbocycles. The topological polar surface area (TPSA) is 95.9 Å².